The van der Waals surface area contributed by atoms with Gasteiger partial charge >= 0.3 is 6.18 Å². The molecule has 1 aliphatic heterocycles. The summed E-state index contributed by atoms with van der Waals surface area (Å²) in [6.07, 6.45) is -4.39. The van der Waals surface area contributed by atoms with Crippen molar-refractivity contribution >= 4 is 17.2 Å². The summed E-state index contributed by atoms with van der Waals surface area (Å²) >= 11 is 1.13. The molecular formula is C16H11F3N6OS. The maximum absolute atomic E-state index is 13.4. The fourth-order valence-corrected chi connectivity index (χ4v) is 3.71. The summed E-state index contributed by atoms with van der Waals surface area (Å²) in [5.41, 5.74) is -0.00000287. The highest BCUT2D eigenvalue weighted by Crippen LogP contribution is 2.42. The van der Waals surface area contributed by atoms with Gasteiger partial charge < -0.3 is 9.32 Å². The molecule has 1 aliphatic rings. The van der Waals surface area contributed by atoms with Crippen molar-refractivity contribution in [2.45, 2.75) is 26.1 Å². The summed E-state index contributed by atoms with van der Waals surface area (Å²) in [5.74, 6) is 0.566. The number of nitrogens with zero attached hydrogens (tertiary/aromatic N) is 6. The predicted octanol–water partition coefficient (Wildman–Crippen LogP) is 3.35. The van der Waals surface area contributed by atoms with Crippen LogP contribution in [0.15, 0.2) is 16.5 Å². The van der Waals surface area contributed by atoms with Gasteiger partial charge in [0.15, 0.2) is 0 Å². The number of anilines is 1. The lowest BCUT2D eigenvalue weighted by Gasteiger charge is -2.19. The van der Waals surface area contributed by atoms with E-state index in [4.69, 9.17) is 9.68 Å². The molecule has 7 nitrogen and oxygen atoms in total. The van der Waals surface area contributed by atoms with Crippen LogP contribution in [0.5, 0.6) is 0 Å². The van der Waals surface area contributed by atoms with Gasteiger partial charge in [0.2, 0.25) is 5.89 Å². The van der Waals surface area contributed by atoms with E-state index in [0.717, 1.165) is 11.5 Å². The summed E-state index contributed by atoms with van der Waals surface area (Å²) < 4.78 is 49.7. The molecule has 3 heterocycles. The van der Waals surface area contributed by atoms with E-state index in [2.05, 4.69) is 19.8 Å². The van der Waals surface area contributed by atoms with Crippen molar-refractivity contribution in [2.24, 2.45) is 0 Å². The van der Waals surface area contributed by atoms with E-state index in [1.165, 1.54) is 12.1 Å². The molecule has 0 bridgehead atoms. The minimum Gasteiger partial charge on any atom is -0.418 e. The molecule has 0 N–H and O–H groups in total. The van der Waals surface area contributed by atoms with Crippen LogP contribution in [0.3, 0.4) is 0 Å². The zero-order chi connectivity index (χ0) is 19.2. The summed E-state index contributed by atoms with van der Waals surface area (Å²) in [7, 11) is 0. The van der Waals surface area contributed by atoms with Gasteiger partial charge in [-0.25, -0.2) is 0 Å². The summed E-state index contributed by atoms with van der Waals surface area (Å²) in [4.78, 5) is 2.40. The fourth-order valence-electron chi connectivity index (χ4n) is 3.13. The first-order chi connectivity index (χ1) is 12.9. The first-order valence-electron chi connectivity index (χ1n) is 7.88. The number of benzene rings is 1. The minimum atomic E-state index is -4.58. The fraction of sp³-hybridized carbons (Fsp3) is 0.312. The maximum Gasteiger partial charge on any atom is 0.418 e. The van der Waals surface area contributed by atoms with Crippen LogP contribution in [0.2, 0.25) is 0 Å². The molecule has 0 aliphatic carbocycles. The quantitative estimate of drug-likeness (QED) is 0.675. The molecule has 0 atom stereocenters. The van der Waals surface area contributed by atoms with Gasteiger partial charge in [-0.2, -0.15) is 18.4 Å². The number of hydrogen-bond donors (Lipinski definition) is 0. The maximum atomic E-state index is 13.4. The molecular weight excluding hydrogens is 381 g/mol. The van der Waals surface area contributed by atoms with Crippen molar-refractivity contribution in [3.05, 3.63) is 40.4 Å². The SMILES string of the molecule is Cc1nnsc1-c1nnc(CN2CCc3c2ccc(C#N)c3C(F)(F)F)o1. The zero-order valence-corrected chi connectivity index (χ0v) is 14.7. The minimum absolute atomic E-state index is 0.129. The van der Waals surface area contributed by atoms with E-state index in [1.54, 1.807) is 17.9 Å². The standard InChI is InChI=1S/C16H11F3N6OS/c1-8-14(27-24-21-8)15-23-22-12(26-15)7-25-5-4-10-11(25)3-2-9(6-20)13(10)16(17,18)19/h2-3H,4-5,7H2,1H3. The molecule has 0 unspecified atom stereocenters. The number of fused-ring (bicyclic) bond motifs is 1. The van der Waals surface area contributed by atoms with E-state index in [9.17, 15) is 13.2 Å². The van der Waals surface area contributed by atoms with Gasteiger partial charge in [0, 0.05) is 12.2 Å². The molecule has 138 valence electrons. The van der Waals surface area contributed by atoms with E-state index >= 15 is 0 Å². The first-order valence-corrected chi connectivity index (χ1v) is 8.65. The van der Waals surface area contributed by atoms with E-state index in [1.807, 2.05) is 0 Å². The van der Waals surface area contributed by atoms with Crippen LogP contribution in [0.25, 0.3) is 10.8 Å². The highest BCUT2D eigenvalue weighted by atomic mass is 32.1. The number of rotatable bonds is 3. The second-order valence-electron chi connectivity index (χ2n) is 5.96. The number of aryl methyl sites for hydroxylation is 1. The van der Waals surface area contributed by atoms with Crippen LogP contribution in [0.1, 0.15) is 28.3 Å². The van der Waals surface area contributed by atoms with Gasteiger partial charge in [-0.15, -0.1) is 15.3 Å². The highest BCUT2D eigenvalue weighted by Gasteiger charge is 2.39. The van der Waals surface area contributed by atoms with Gasteiger partial charge in [0.25, 0.3) is 5.89 Å². The van der Waals surface area contributed by atoms with E-state index < -0.39 is 11.7 Å². The van der Waals surface area contributed by atoms with Crippen molar-refractivity contribution in [3.63, 3.8) is 0 Å². The van der Waals surface area contributed by atoms with Crippen LogP contribution in [-0.2, 0) is 19.1 Å². The van der Waals surface area contributed by atoms with E-state index in [-0.39, 0.29) is 35.9 Å². The highest BCUT2D eigenvalue weighted by molar-refractivity contribution is 7.09. The number of nitriles is 1. The van der Waals surface area contributed by atoms with Gasteiger partial charge in [-0.05, 0) is 42.6 Å². The molecule has 0 saturated carbocycles. The molecule has 0 spiro atoms. The van der Waals surface area contributed by atoms with Crippen molar-refractivity contribution < 1.29 is 17.6 Å². The molecule has 0 fully saturated rings. The number of alkyl halides is 3. The van der Waals surface area contributed by atoms with Crippen molar-refractivity contribution in [2.75, 3.05) is 11.4 Å². The van der Waals surface area contributed by atoms with Crippen LogP contribution in [-0.4, -0.2) is 26.3 Å². The van der Waals surface area contributed by atoms with Gasteiger partial charge in [0.1, 0.15) is 4.88 Å². The van der Waals surface area contributed by atoms with Crippen molar-refractivity contribution in [1.82, 2.24) is 19.8 Å². The molecule has 11 heteroatoms. The second kappa shape index (κ2) is 6.31. The normalized spacial score (nSPS) is 13.7. The predicted molar refractivity (Wildman–Crippen MR) is 88.9 cm³/mol. The average molecular weight is 392 g/mol. The lowest BCUT2D eigenvalue weighted by atomic mass is 9.99. The summed E-state index contributed by atoms with van der Waals surface area (Å²) in [6, 6.07) is 4.36. The Labute approximate surface area is 155 Å². The number of hydrogen-bond acceptors (Lipinski definition) is 8. The second-order valence-corrected chi connectivity index (χ2v) is 6.71. The van der Waals surface area contributed by atoms with Crippen molar-refractivity contribution in [3.8, 4) is 16.8 Å². The molecule has 0 radical (unpaired) electrons. The van der Waals surface area contributed by atoms with Gasteiger partial charge in [0.05, 0.1) is 29.4 Å². The Morgan fingerprint density at radius 2 is 2.11 bits per heavy atom. The zero-order valence-electron chi connectivity index (χ0n) is 13.9. The third-order valence-electron chi connectivity index (χ3n) is 4.30. The number of halogens is 3. The molecule has 4 rings (SSSR count). The lowest BCUT2D eigenvalue weighted by Crippen LogP contribution is -2.20. The smallest absolute Gasteiger partial charge is 0.418 e. The molecule has 3 aromatic rings. The van der Waals surface area contributed by atoms with E-state index in [0.29, 0.717) is 22.8 Å². The Morgan fingerprint density at radius 3 is 2.78 bits per heavy atom. The largest absolute Gasteiger partial charge is 0.418 e. The summed E-state index contributed by atoms with van der Waals surface area (Å²) in [6.45, 7) is 2.31. The third kappa shape index (κ3) is 3.02. The molecule has 2 aromatic heterocycles. The Kier molecular flexibility index (Phi) is 4.07. The third-order valence-corrected chi connectivity index (χ3v) is 5.12. The Morgan fingerprint density at radius 1 is 1.30 bits per heavy atom. The van der Waals surface area contributed by atoms with Gasteiger partial charge in [-0.3, -0.25) is 0 Å². The Hall–Kier alpha value is -3.00. The van der Waals surface area contributed by atoms with Crippen LogP contribution >= 0.6 is 11.5 Å². The average Bonchev–Trinajstić information content (AvgIpc) is 3.33. The number of aromatic nitrogens is 4. The monoisotopic (exact) mass is 392 g/mol. The lowest BCUT2D eigenvalue weighted by molar-refractivity contribution is -0.138. The van der Waals surface area contributed by atoms with Crippen LogP contribution < -0.4 is 4.90 Å². The summed E-state index contributed by atoms with van der Waals surface area (Å²) in [5, 5.41) is 20.8. The van der Waals surface area contributed by atoms with Gasteiger partial charge in [-0.1, -0.05) is 4.49 Å². The van der Waals surface area contributed by atoms with Crippen molar-refractivity contribution in [1.29, 1.82) is 5.26 Å². The first kappa shape index (κ1) is 17.4. The molecule has 27 heavy (non-hydrogen) atoms. The molecule has 1 aromatic carbocycles. The Balaban J connectivity index is 1.64. The van der Waals surface area contributed by atoms with Crippen LogP contribution in [0.4, 0.5) is 18.9 Å². The molecule has 0 saturated heterocycles. The van der Waals surface area contributed by atoms with Crippen LogP contribution in [0, 0.1) is 18.3 Å². The molecule has 0 amide bonds. The Bertz CT molecular complexity index is 1050. The topological polar surface area (TPSA) is 91.7 Å².